The number of amides is 1. The third-order valence-electron chi connectivity index (χ3n) is 4.04. The van der Waals surface area contributed by atoms with Crippen molar-refractivity contribution in [2.24, 2.45) is 5.92 Å². The first-order chi connectivity index (χ1) is 10.2. The molecule has 1 heterocycles. The number of methoxy groups -OCH3 is 2. The van der Waals surface area contributed by atoms with Gasteiger partial charge in [-0.3, -0.25) is 4.79 Å². The lowest BCUT2D eigenvalue weighted by Gasteiger charge is -2.29. The molecule has 1 N–H and O–H groups in total. The Morgan fingerprint density at radius 2 is 1.81 bits per heavy atom. The molecule has 1 saturated heterocycles. The average Bonchev–Trinajstić information content (AvgIpc) is 2.53. The maximum absolute atomic E-state index is 12.4. The Morgan fingerprint density at radius 3 is 2.33 bits per heavy atom. The molecule has 0 saturated carbocycles. The van der Waals surface area contributed by atoms with Gasteiger partial charge in [0.1, 0.15) is 17.1 Å². The minimum atomic E-state index is -0.136. The van der Waals surface area contributed by atoms with Gasteiger partial charge in [-0.15, -0.1) is 0 Å². The summed E-state index contributed by atoms with van der Waals surface area (Å²) in [6.45, 7) is 2.89. The van der Waals surface area contributed by atoms with E-state index in [1.54, 1.807) is 26.4 Å². The molecule has 0 radical (unpaired) electrons. The van der Waals surface area contributed by atoms with Crippen LogP contribution in [0.25, 0.3) is 0 Å². The van der Waals surface area contributed by atoms with Crippen molar-refractivity contribution in [3.8, 4) is 11.5 Å². The molecule has 0 aromatic heterocycles. The fourth-order valence-corrected chi connectivity index (χ4v) is 2.67. The first-order valence-electron chi connectivity index (χ1n) is 7.33. The maximum Gasteiger partial charge on any atom is 0.258 e. The summed E-state index contributed by atoms with van der Waals surface area (Å²) in [5, 5.41) is 3.02. The van der Waals surface area contributed by atoms with Gasteiger partial charge in [-0.25, -0.2) is 0 Å². The zero-order valence-corrected chi connectivity index (χ0v) is 13.0. The Bertz CT molecular complexity index is 460. The third kappa shape index (κ3) is 3.88. The molecule has 1 aliphatic heterocycles. The number of benzene rings is 1. The van der Waals surface area contributed by atoms with Gasteiger partial charge in [-0.05, 0) is 51.0 Å². The number of nitrogens with one attached hydrogen (secondary N) is 1. The van der Waals surface area contributed by atoms with Crippen molar-refractivity contribution in [3.05, 3.63) is 23.8 Å². The van der Waals surface area contributed by atoms with Gasteiger partial charge in [0, 0.05) is 6.54 Å². The SMILES string of the molecule is COc1cccc(OC)c1C(=O)NCC1CCN(C)CC1. The number of carbonyl (C=O) groups is 1. The van der Waals surface area contributed by atoms with Crippen molar-refractivity contribution >= 4 is 5.91 Å². The first-order valence-corrected chi connectivity index (χ1v) is 7.33. The number of hydrogen-bond donors (Lipinski definition) is 1. The van der Waals surface area contributed by atoms with Crippen LogP contribution in [0, 0.1) is 5.92 Å². The zero-order valence-electron chi connectivity index (χ0n) is 13.0. The second-order valence-electron chi connectivity index (χ2n) is 5.49. The number of hydrogen-bond acceptors (Lipinski definition) is 4. The van der Waals surface area contributed by atoms with Crippen molar-refractivity contribution in [3.63, 3.8) is 0 Å². The van der Waals surface area contributed by atoms with Gasteiger partial charge >= 0.3 is 0 Å². The van der Waals surface area contributed by atoms with Gasteiger partial charge in [0.15, 0.2) is 0 Å². The van der Waals surface area contributed by atoms with E-state index >= 15 is 0 Å². The molecule has 0 unspecified atom stereocenters. The van der Waals surface area contributed by atoms with Crippen molar-refractivity contribution < 1.29 is 14.3 Å². The molecule has 5 nitrogen and oxygen atoms in total. The van der Waals surface area contributed by atoms with E-state index < -0.39 is 0 Å². The molecular weight excluding hydrogens is 268 g/mol. The van der Waals surface area contributed by atoms with Gasteiger partial charge in [0.25, 0.3) is 5.91 Å². The Hall–Kier alpha value is -1.75. The predicted molar refractivity (Wildman–Crippen MR) is 82.1 cm³/mol. The van der Waals surface area contributed by atoms with Gasteiger partial charge in [-0.2, -0.15) is 0 Å². The van der Waals surface area contributed by atoms with E-state index in [9.17, 15) is 4.79 Å². The number of likely N-dealkylation sites (tertiary alicyclic amines) is 1. The normalized spacial score (nSPS) is 16.5. The number of nitrogens with zero attached hydrogens (tertiary/aromatic N) is 1. The molecule has 1 amide bonds. The number of piperidine rings is 1. The fraction of sp³-hybridized carbons (Fsp3) is 0.562. The van der Waals surface area contributed by atoms with Gasteiger partial charge in [0.05, 0.1) is 14.2 Å². The second-order valence-corrected chi connectivity index (χ2v) is 5.49. The summed E-state index contributed by atoms with van der Waals surface area (Å²) in [5.74, 6) is 1.49. The molecule has 1 aromatic rings. The predicted octanol–water partition coefficient (Wildman–Crippen LogP) is 1.78. The molecule has 116 valence electrons. The van der Waals surface area contributed by atoms with E-state index in [-0.39, 0.29) is 5.91 Å². The largest absolute Gasteiger partial charge is 0.496 e. The lowest BCUT2D eigenvalue weighted by atomic mass is 9.97. The van der Waals surface area contributed by atoms with Crippen LogP contribution < -0.4 is 14.8 Å². The lowest BCUT2D eigenvalue weighted by Crippen LogP contribution is -2.37. The second kappa shape index (κ2) is 7.31. The maximum atomic E-state index is 12.4. The van der Waals surface area contributed by atoms with Crippen molar-refractivity contribution in [2.75, 3.05) is 40.9 Å². The van der Waals surface area contributed by atoms with E-state index in [1.165, 1.54) is 0 Å². The van der Waals surface area contributed by atoms with Crippen LogP contribution in [0.15, 0.2) is 18.2 Å². The van der Waals surface area contributed by atoms with E-state index in [1.807, 2.05) is 6.07 Å². The molecule has 1 aromatic carbocycles. The van der Waals surface area contributed by atoms with Crippen LogP contribution in [0.2, 0.25) is 0 Å². The van der Waals surface area contributed by atoms with Crippen LogP contribution >= 0.6 is 0 Å². The lowest BCUT2D eigenvalue weighted by molar-refractivity contribution is 0.0933. The quantitative estimate of drug-likeness (QED) is 0.899. The number of ether oxygens (including phenoxy) is 2. The summed E-state index contributed by atoms with van der Waals surface area (Å²) < 4.78 is 10.5. The minimum Gasteiger partial charge on any atom is -0.496 e. The van der Waals surface area contributed by atoms with E-state index in [0.29, 0.717) is 29.5 Å². The van der Waals surface area contributed by atoms with Crippen LogP contribution in [0.3, 0.4) is 0 Å². The molecule has 0 aliphatic carbocycles. The molecule has 0 bridgehead atoms. The van der Waals surface area contributed by atoms with E-state index in [4.69, 9.17) is 9.47 Å². The van der Waals surface area contributed by atoms with Crippen molar-refractivity contribution in [1.82, 2.24) is 10.2 Å². The fourth-order valence-electron chi connectivity index (χ4n) is 2.67. The molecule has 1 fully saturated rings. The molecular formula is C16H24N2O3. The molecule has 2 rings (SSSR count). The summed E-state index contributed by atoms with van der Waals surface area (Å²) in [4.78, 5) is 14.8. The highest BCUT2D eigenvalue weighted by Crippen LogP contribution is 2.28. The smallest absolute Gasteiger partial charge is 0.258 e. The van der Waals surface area contributed by atoms with Crippen LogP contribution in [0.5, 0.6) is 11.5 Å². The Balaban J connectivity index is 2.00. The molecule has 0 spiro atoms. The summed E-state index contributed by atoms with van der Waals surface area (Å²) >= 11 is 0. The Kier molecular flexibility index (Phi) is 5.44. The number of rotatable bonds is 5. The Labute approximate surface area is 126 Å². The monoisotopic (exact) mass is 292 g/mol. The molecule has 5 heteroatoms. The van der Waals surface area contributed by atoms with E-state index in [0.717, 1.165) is 25.9 Å². The molecule has 0 atom stereocenters. The van der Waals surface area contributed by atoms with Crippen molar-refractivity contribution in [1.29, 1.82) is 0 Å². The van der Waals surface area contributed by atoms with Crippen molar-refractivity contribution in [2.45, 2.75) is 12.8 Å². The Morgan fingerprint density at radius 1 is 1.24 bits per heavy atom. The van der Waals surface area contributed by atoms with Crippen LogP contribution in [-0.4, -0.2) is 51.7 Å². The van der Waals surface area contributed by atoms with Gasteiger partial charge in [0.2, 0.25) is 0 Å². The highest BCUT2D eigenvalue weighted by Gasteiger charge is 2.21. The number of carbonyl (C=O) groups excluding carboxylic acids is 1. The standard InChI is InChI=1S/C16H24N2O3/c1-18-9-7-12(8-10-18)11-17-16(19)15-13(20-2)5-4-6-14(15)21-3/h4-6,12H,7-11H2,1-3H3,(H,17,19). The summed E-state index contributed by atoms with van der Waals surface area (Å²) in [6, 6.07) is 5.35. The van der Waals surface area contributed by atoms with E-state index in [2.05, 4.69) is 17.3 Å². The third-order valence-corrected chi connectivity index (χ3v) is 4.04. The van der Waals surface area contributed by atoms with Gasteiger partial charge in [-0.1, -0.05) is 6.07 Å². The zero-order chi connectivity index (χ0) is 15.2. The highest BCUT2D eigenvalue weighted by molar-refractivity contribution is 5.99. The summed E-state index contributed by atoms with van der Waals surface area (Å²) in [5.41, 5.74) is 0.468. The van der Waals surface area contributed by atoms with Crippen LogP contribution in [0.1, 0.15) is 23.2 Å². The first kappa shape index (κ1) is 15.6. The minimum absolute atomic E-state index is 0.136. The highest BCUT2D eigenvalue weighted by atomic mass is 16.5. The molecule has 21 heavy (non-hydrogen) atoms. The van der Waals surface area contributed by atoms with Crippen LogP contribution in [0.4, 0.5) is 0 Å². The van der Waals surface area contributed by atoms with Crippen LogP contribution in [-0.2, 0) is 0 Å². The average molecular weight is 292 g/mol. The molecule has 1 aliphatic rings. The van der Waals surface area contributed by atoms with Gasteiger partial charge < -0.3 is 19.7 Å². The summed E-state index contributed by atoms with van der Waals surface area (Å²) in [6.07, 6.45) is 2.25. The summed E-state index contributed by atoms with van der Waals surface area (Å²) in [7, 11) is 5.25. The topological polar surface area (TPSA) is 50.8 Å².